The van der Waals surface area contributed by atoms with E-state index in [-0.39, 0.29) is 30.3 Å². The number of amides is 2. The lowest BCUT2D eigenvalue weighted by Gasteiger charge is -2.19. The molecule has 7 heteroatoms. The number of carboxylic acid groups (broad SMARTS) is 1. The summed E-state index contributed by atoms with van der Waals surface area (Å²) in [5.41, 5.74) is 0.940. The van der Waals surface area contributed by atoms with Gasteiger partial charge in [0.2, 0.25) is 11.8 Å². The third kappa shape index (κ3) is 3.51. The van der Waals surface area contributed by atoms with Crippen molar-refractivity contribution >= 4 is 29.2 Å². The van der Waals surface area contributed by atoms with Gasteiger partial charge in [-0.05, 0) is 29.8 Å². The molecule has 0 spiro atoms. The smallest absolute Gasteiger partial charge is 0.229 e. The van der Waals surface area contributed by atoms with E-state index in [4.69, 9.17) is 4.74 Å². The van der Waals surface area contributed by atoms with Gasteiger partial charge in [0.15, 0.2) is 0 Å². The van der Waals surface area contributed by atoms with Crippen molar-refractivity contribution in [3.8, 4) is 5.75 Å². The molecule has 1 atom stereocenters. The zero-order valence-electron chi connectivity index (χ0n) is 14.1. The predicted molar refractivity (Wildman–Crippen MR) is 92.9 cm³/mol. The van der Waals surface area contributed by atoms with Crippen molar-refractivity contribution in [2.75, 3.05) is 23.9 Å². The molecule has 1 aliphatic heterocycles. The van der Waals surface area contributed by atoms with Gasteiger partial charge in [0.1, 0.15) is 5.75 Å². The van der Waals surface area contributed by atoms with Crippen LogP contribution in [0, 0.1) is 5.92 Å². The standard InChI is InChI=1S/C19H18N2O5/c1-26-16-8-3-2-7-15(16)21-11-13(10-17(21)22)18(23)20-14-6-4-5-12(9-14)19(24)25/h2-9,13H,10-11H2,1H3,(H,20,23)(H,24,25)/p-1/t13-/m0/s1. The number of carboxylic acids is 1. The van der Waals surface area contributed by atoms with E-state index in [9.17, 15) is 19.5 Å². The van der Waals surface area contributed by atoms with Crippen LogP contribution in [0.1, 0.15) is 16.8 Å². The molecule has 134 valence electrons. The maximum Gasteiger partial charge on any atom is 0.229 e. The number of hydrogen-bond donors (Lipinski definition) is 1. The van der Waals surface area contributed by atoms with Crippen LogP contribution in [0.5, 0.6) is 5.75 Å². The third-order valence-corrected chi connectivity index (χ3v) is 4.24. The highest BCUT2D eigenvalue weighted by atomic mass is 16.5. The van der Waals surface area contributed by atoms with Crippen LogP contribution in [-0.2, 0) is 9.59 Å². The van der Waals surface area contributed by atoms with E-state index >= 15 is 0 Å². The molecule has 1 N–H and O–H groups in total. The molecule has 1 heterocycles. The molecular weight excluding hydrogens is 336 g/mol. The lowest BCUT2D eigenvalue weighted by Crippen LogP contribution is -2.28. The molecule has 3 rings (SSSR count). The van der Waals surface area contributed by atoms with E-state index in [1.807, 2.05) is 0 Å². The van der Waals surface area contributed by atoms with Crippen molar-refractivity contribution in [1.82, 2.24) is 0 Å². The van der Waals surface area contributed by atoms with Gasteiger partial charge in [-0.15, -0.1) is 0 Å². The molecule has 2 aromatic rings. The highest BCUT2D eigenvalue weighted by molar-refractivity contribution is 6.04. The number of aromatic carboxylic acids is 1. The monoisotopic (exact) mass is 353 g/mol. The van der Waals surface area contributed by atoms with Crippen molar-refractivity contribution in [3.05, 3.63) is 54.1 Å². The minimum Gasteiger partial charge on any atom is -0.545 e. The summed E-state index contributed by atoms with van der Waals surface area (Å²) in [5, 5.41) is 13.6. The number of para-hydroxylation sites is 2. The summed E-state index contributed by atoms with van der Waals surface area (Å²) >= 11 is 0. The summed E-state index contributed by atoms with van der Waals surface area (Å²) in [4.78, 5) is 37.3. The Morgan fingerprint density at radius 1 is 1.19 bits per heavy atom. The molecule has 0 saturated carbocycles. The van der Waals surface area contributed by atoms with Crippen LogP contribution >= 0.6 is 0 Å². The van der Waals surface area contributed by atoms with Gasteiger partial charge in [-0.3, -0.25) is 9.59 Å². The third-order valence-electron chi connectivity index (χ3n) is 4.24. The Kier molecular flexibility index (Phi) is 4.88. The number of nitrogens with zero attached hydrogens (tertiary/aromatic N) is 1. The van der Waals surface area contributed by atoms with Crippen LogP contribution in [0.25, 0.3) is 0 Å². The molecule has 1 saturated heterocycles. The van der Waals surface area contributed by atoms with Gasteiger partial charge in [0.25, 0.3) is 0 Å². The average molecular weight is 353 g/mol. The first-order valence-electron chi connectivity index (χ1n) is 8.05. The summed E-state index contributed by atoms with van der Waals surface area (Å²) in [7, 11) is 1.52. The molecule has 1 aliphatic rings. The van der Waals surface area contributed by atoms with Crippen LogP contribution in [0.3, 0.4) is 0 Å². The lowest BCUT2D eigenvalue weighted by molar-refractivity contribution is -0.255. The second-order valence-electron chi connectivity index (χ2n) is 5.93. The molecule has 0 radical (unpaired) electrons. The van der Waals surface area contributed by atoms with Gasteiger partial charge in [0.05, 0.1) is 24.7 Å². The molecular formula is C19H17N2O5-. The molecule has 0 aliphatic carbocycles. The average Bonchev–Trinajstić information content (AvgIpc) is 3.03. The molecule has 0 unspecified atom stereocenters. The van der Waals surface area contributed by atoms with Gasteiger partial charge in [0, 0.05) is 18.7 Å². The van der Waals surface area contributed by atoms with Gasteiger partial charge in [-0.25, -0.2) is 0 Å². The fourth-order valence-corrected chi connectivity index (χ4v) is 2.94. The van der Waals surface area contributed by atoms with Crippen LogP contribution < -0.4 is 20.1 Å². The zero-order valence-corrected chi connectivity index (χ0v) is 14.1. The Labute approximate surface area is 150 Å². The topological polar surface area (TPSA) is 98.8 Å². The second kappa shape index (κ2) is 7.26. The molecule has 0 aromatic heterocycles. The summed E-state index contributed by atoms with van der Waals surface area (Å²) in [6.45, 7) is 0.227. The Bertz CT molecular complexity index is 865. The fourth-order valence-electron chi connectivity index (χ4n) is 2.94. The first-order chi connectivity index (χ1) is 12.5. The number of ether oxygens (including phenoxy) is 1. The fraction of sp³-hybridized carbons (Fsp3) is 0.211. The number of rotatable bonds is 5. The van der Waals surface area contributed by atoms with Crippen LogP contribution in [0.4, 0.5) is 11.4 Å². The largest absolute Gasteiger partial charge is 0.545 e. The van der Waals surface area contributed by atoms with Gasteiger partial charge in [-0.2, -0.15) is 0 Å². The molecule has 7 nitrogen and oxygen atoms in total. The highest BCUT2D eigenvalue weighted by Crippen LogP contribution is 2.33. The Morgan fingerprint density at radius 2 is 1.96 bits per heavy atom. The van der Waals surface area contributed by atoms with E-state index in [1.165, 1.54) is 30.2 Å². The summed E-state index contributed by atoms with van der Waals surface area (Å²) in [6.07, 6.45) is 0.0735. The van der Waals surface area contributed by atoms with Crippen molar-refractivity contribution < 1.29 is 24.2 Å². The van der Waals surface area contributed by atoms with Gasteiger partial charge < -0.3 is 24.9 Å². The van der Waals surface area contributed by atoms with Gasteiger partial charge in [-0.1, -0.05) is 24.3 Å². The lowest BCUT2D eigenvalue weighted by atomic mass is 10.1. The first-order valence-corrected chi connectivity index (χ1v) is 8.05. The maximum absolute atomic E-state index is 12.5. The number of hydrogen-bond acceptors (Lipinski definition) is 5. The van der Waals surface area contributed by atoms with Crippen LogP contribution in [-0.4, -0.2) is 31.4 Å². The van der Waals surface area contributed by atoms with E-state index in [0.717, 1.165) is 0 Å². The van der Waals surface area contributed by atoms with E-state index in [2.05, 4.69) is 5.32 Å². The normalized spacial score (nSPS) is 16.4. The molecule has 2 aromatic carbocycles. The van der Waals surface area contributed by atoms with Crippen molar-refractivity contribution in [2.24, 2.45) is 5.92 Å². The first kappa shape index (κ1) is 17.5. The maximum atomic E-state index is 12.5. The Hall–Kier alpha value is -3.35. The van der Waals surface area contributed by atoms with E-state index in [0.29, 0.717) is 17.1 Å². The van der Waals surface area contributed by atoms with Gasteiger partial charge >= 0.3 is 0 Å². The second-order valence-corrected chi connectivity index (χ2v) is 5.93. The predicted octanol–water partition coefficient (Wildman–Crippen LogP) is 1.05. The number of benzene rings is 2. The Balaban J connectivity index is 1.73. The molecule has 2 amide bonds. The van der Waals surface area contributed by atoms with E-state index < -0.39 is 11.9 Å². The summed E-state index contributed by atoms with van der Waals surface area (Å²) in [5.74, 6) is -1.81. The number of carbonyl (C=O) groups is 3. The number of anilines is 2. The molecule has 1 fully saturated rings. The van der Waals surface area contributed by atoms with Crippen molar-refractivity contribution in [2.45, 2.75) is 6.42 Å². The quantitative estimate of drug-likeness (QED) is 0.866. The van der Waals surface area contributed by atoms with Crippen LogP contribution in [0.2, 0.25) is 0 Å². The molecule has 26 heavy (non-hydrogen) atoms. The van der Waals surface area contributed by atoms with Crippen molar-refractivity contribution in [3.63, 3.8) is 0 Å². The Morgan fingerprint density at radius 3 is 2.69 bits per heavy atom. The minimum atomic E-state index is -1.32. The minimum absolute atomic E-state index is 0.0269. The number of nitrogens with one attached hydrogen (secondary N) is 1. The summed E-state index contributed by atoms with van der Waals surface area (Å²) in [6, 6.07) is 12.9. The number of methoxy groups -OCH3 is 1. The number of carbonyl (C=O) groups excluding carboxylic acids is 3. The van der Waals surface area contributed by atoms with E-state index in [1.54, 1.807) is 30.3 Å². The summed E-state index contributed by atoms with van der Waals surface area (Å²) < 4.78 is 5.28. The molecule has 0 bridgehead atoms. The highest BCUT2D eigenvalue weighted by Gasteiger charge is 2.36. The van der Waals surface area contributed by atoms with Crippen LogP contribution in [0.15, 0.2) is 48.5 Å². The van der Waals surface area contributed by atoms with Crippen molar-refractivity contribution in [1.29, 1.82) is 0 Å². The zero-order chi connectivity index (χ0) is 18.7. The SMILES string of the molecule is COc1ccccc1N1C[C@@H](C(=O)Nc2cccc(C(=O)[O-])c2)CC1=O.